The molecule has 0 saturated carbocycles. The normalized spacial score (nSPS) is 12.5. The van der Waals surface area contributed by atoms with Gasteiger partial charge >= 0.3 is 6.18 Å². The number of alkyl halides is 3. The SMILES string of the molecule is CC(NC(=O)c1cnn2c(-c3ccc(C(F)(F)F)cc3)c(-c3ccccc3Cl)cnc12)c1ccccn1. The van der Waals surface area contributed by atoms with Crippen molar-refractivity contribution in [3.63, 3.8) is 0 Å². The summed E-state index contributed by atoms with van der Waals surface area (Å²) in [7, 11) is 0. The number of carbonyl (C=O) groups excluding carboxylic acids is 1. The Morgan fingerprint density at radius 1 is 0.946 bits per heavy atom. The summed E-state index contributed by atoms with van der Waals surface area (Å²) in [5, 5.41) is 7.72. The minimum Gasteiger partial charge on any atom is -0.344 e. The topological polar surface area (TPSA) is 72.2 Å². The van der Waals surface area contributed by atoms with E-state index in [1.54, 1.807) is 48.8 Å². The molecule has 0 spiro atoms. The third-order valence-electron chi connectivity index (χ3n) is 5.90. The Hall–Kier alpha value is -4.24. The average Bonchev–Trinajstić information content (AvgIpc) is 3.33. The number of halogens is 4. The van der Waals surface area contributed by atoms with E-state index in [4.69, 9.17) is 11.6 Å². The molecule has 1 N–H and O–H groups in total. The zero-order valence-corrected chi connectivity index (χ0v) is 20.1. The average molecular weight is 522 g/mol. The smallest absolute Gasteiger partial charge is 0.344 e. The second kappa shape index (κ2) is 9.67. The number of carbonyl (C=O) groups is 1. The van der Waals surface area contributed by atoms with Crippen LogP contribution in [0.5, 0.6) is 0 Å². The molecule has 1 unspecified atom stereocenters. The minimum atomic E-state index is -4.47. The highest BCUT2D eigenvalue weighted by molar-refractivity contribution is 6.33. The molecule has 0 aliphatic heterocycles. The number of hydrogen-bond donors (Lipinski definition) is 1. The zero-order chi connectivity index (χ0) is 26.2. The molecule has 6 nitrogen and oxygen atoms in total. The molecule has 37 heavy (non-hydrogen) atoms. The molecule has 0 radical (unpaired) electrons. The standard InChI is InChI=1S/C27H19ClF3N5O/c1-16(23-8-4-5-13-32-23)35-26(37)21-15-34-36-24(17-9-11-18(12-10-17)27(29,30)31)20(14-33-25(21)36)19-6-2-3-7-22(19)28/h2-16H,1H3,(H,35,37). The molecule has 3 aromatic heterocycles. The molecule has 5 rings (SSSR count). The van der Waals surface area contributed by atoms with Crippen molar-refractivity contribution in [2.45, 2.75) is 19.1 Å². The van der Waals surface area contributed by atoms with Crippen LogP contribution in [0, 0.1) is 0 Å². The predicted molar refractivity (Wildman–Crippen MR) is 134 cm³/mol. The van der Waals surface area contributed by atoms with Gasteiger partial charge in [0.05, 0.1) is 29.2 Å². The number of nitrogens with zero attached hydrogens (tertiary/aromatic N) is 4. The van der Waals surface area contributed by atoms with E-state index in [1.807, 2.05) is 13.0 Å². The maximum absolute atomic E-state index is 13.2. The summed E-state index contributed by atoms with van der Waals surface area (Å²) in [5.41, 5.74) is 2.44. The molecule has 0 aliphatic carbocycles. The van der Waals surface area contributed by atoms with Crippen molar-refractivity contribution >= 4 is 23.2 Å². The largest absolute Gasteiger partial charge is 0.416 e. The van der Waals surface area contributed by atoms with Crippen LogP contribution in [-0.2, 0) is 6.18 Å². The zero-order valence-electron chi connectivity index (χ0n) is 19.4. The van der Waals surface area contributed by atoms with Crippen molar-refractivity contribution in [3.05, 3.63) is 107 Å². The lowest BCUT2D eigenvalue weighted by Crippen LogP contribution is -2.27. The quantitative estimate of drug-likeness (QED) is 0.282. The van der Waals surface area contributed by atoms with Gasteiger partial charge in [-0.05, 0) is 37.3 Å². The molecule has 0 fully saturated rings. The van der Waals surface area contributed by atoms with Gasteiger partial charge in [0.15, 0.2) is 5.65 Å². The van der Waals surface area contributed by atoms with Crippen LogP contribution in [0.4, 0.5) is 13.2 Å². The molecule has 0 aliphatic rings. The van der Waals surface area contributed by atoms with Gasteiger partial charge in [-0.15, -0.1) is 0 Å². The van der Waals surface area contributed by atoms with Gasteiger partial charge in [-0.3, -0.25) is 9.78 Å². The first-order valence-corrected chi connectivity index (χ1v) is 11.6. The molecule has 1 amide bonds. The van der Waals surface area contributed by atoms with Gasteiger partial charge in [-0.1, -0.05) is 48.0 Å². The van der Waals surface area contributed by atoms with Crippen LogP contribution in [0.15, 0.2) is 85.3 Å². The van der Waals surface area contributed by atoms with E-state index in [-0.39, 0.29) is 17.3 Å². The highest BCUT2D eigenvalue weighted by Crippen LogP contribution is 2.37. The van der Waals surface area contributed by atoms with E-state index in [9.17, 15) is 18.0 Å². The first-order chi connectivity index (χ1) is 17.7. The molecule has 186 valence electrons. The summed E-state index contributed by atoms with van der Waals surface area (Å²) in [6.07, 6.45) is 0.0946. The summed E-state index contributed by atoms with van der Waals surface area (Å²) in [6.45, 7) is 1.81. The van der Waals surface area contributed by atoms with Crippen molar-refractivity contribution in [1.82, 2.24) is 24.9 Å². The summed E-state index contributed by atoms with van der Waals surface area (Å²) >= 11 is 6.45. The lowest BCUT2D eigenvalue weighted by molar-refractivity contribution is -0.137. The molecule has 2 aromatic carbocycles. The molecule has 10 heteroatoms. The third-order valence-corrected chi connectivity index (χ3v) is 6.23. The van der Waals surface area contributed by atoms with Crippen molar-refractivity contribution in [1.29, 1.82) is 0 Å². The van der Waals surface area contributed by atoms with Crippen LogP contribution in [0.3, 0.4) is 0 Å². The molecule has 3 heterocycles. The van der Waals surface area contributed by atoms with Gasteiger partial charge in [0, 0.05) is 34.1 Å². The highest BCUT2D eigenvalue weighted by atomic mass is 35.5. The minimum absolute atomic E-state index is 0.210. The first kappa shape index (κ1) is 24.5. The monoisotopic (exact) mass is 521 g/mol. The molecule has 1 atom stereocenters. The highest BCUT2D eigenvalue weighted by Gasteiger charge is 2.30. The molecular weight excluding hydrogens is 503 g/mol. The Kier molecular flexibility index (Phi) is 6.39. The van der Waals surface area contributed by atoms with E-state index >= 15 is 0 Å². The fraction of sp³-hybridized carbons (Fsp3) is 0.111. The predicted octanol–water partition coefficient (Wildman–Crippen LogP) is 6.62. The Bertz CT molecular complexity index is 1580. The number of fused-ring (bicyclic) bond motifs is 1. The Morgan fingerprint density at radius 3 is 2.35 bits per heavy atom. The summed E-state index contributed by atoms with van der Waals surface area (Å²) in [5.74, 6) is -0.412. The van der Waals surface area contributed by atoms with Crippen LogP contribution < -0.4 is 5.32 Å². The van der Waals surface area contributed by atoms with Crippen molar-refractivity contribution in [2.75, 3.05) is 0 Å². The van der Waals surface area contributed by atoms with Gasteiger partial charge in [-0.25, -0.2) is 9.50 Å². The first-order valence-electron chi connectivity index (χ1n) is 11.2. The fourth-order valence-electron chi connectivity index (χ4n) is 4.04. The maximum Gasteiger partial charge on any atom is 0.416 e. The van der Waals surface area contributed by atoms with Gasteiger partial charge < -0.3 is 5.32 Å². The molecule has 5 aromatic rings. The van der Waals surface area contributed by atoms with E-state index in [0.29, 0.717) is 33.1 Å². The molecule has 0 saturated heterocycles. The van der Waals surface area contributed by atoms with E-state index in [2.05, 4.69) is 20.4 Å². The van der Waals surface area contributed by atoms with Crippen molar-refractivity contribution in [3.8, 4) is 22.4 Å². The van der Waals surface area contributed by atoms with Gasteiger partial charge in [0.2, 0.25) is 0 Å². The van der Waals surface area contributed by atoms with Crippen LogP contribution in [0.25, 0.3) is 28.0 Å². The Balaban J connectivity index is 1.63. The second-order valence-electron chi connectivity index (χ2n) is 8.32. The number of pyridine rings is 1. The van der Waals surface area contributed by atoms with Crippen molar-refractivity contribution in [2.24, 2.45) is 0 Å². The maximum atomic E-state index is 13.2. The second-order valence-corrected chi connectivity index (χ2v) is 8.73. The number of rotatable bonds is 5. The van der Waals surface area contributed by atoms with Crippen LogP contribution >= 0.6 is 11.6 Å². The Labute approximate surface area is 214 Å². The van der Waals surface area contributed by atoms with Crippen molar-refractivity contribution < 1.29 is 18.0 Å². The number of aromatic nitrogens is 4. The van der Waals surface area contributed by atoms with Gasteiger partial charge in [-0.2, -0.15) is 18.3 Å². The van der Waals surface area contributed by atoms with Crippen LogP contribution in [-0.4, -0.2) is 25.5 Å². The fourth-order valence-corrected chi connectivity index (χ4v) is 4.28. The van der Waals surface area contributed by atoms with Crippen LogP contribution in [0.1, 0.15) is 34.6 Å². The lowest BCUT2D eigenvalue weighted by atomic mass is 9.99. The number of benzene rings is 2. The van der Waals surface area contributed by atoms with E-state index in [0.717, 1.165) is 12.1 Å². The number of nitrogens with one attached hydrogen (secondary N) is 1. The summed E-state index contributed by atoms with van der Waals surface area (Å²) < 4.78 is 41.0. The van der Waals surface area contributed by atoms with E-state index in [1.165, 1.54) is 22.8 Å². The van der Waals surface area contributed by atoms with Gasteiger partial charge in [0.25, 0.3) is 5.91 Å². The molecular formula is C27H19ClF3N5O. The Morgan fingerprint density at radius 2 is 1.68 bits per heavy atom. The van der Waals surface area contributed by atoms with Crippen LogP contribution in [0.2, 0.25) is 5.02 Å². The number of hydrogen-bond acceptors (Lipinski definition) is 4. The summed E-state index contributed by atoms with van der Waals surface area (Å²) in [6, 6.07) is 16.8. The third kappa shape index (κ3) is 4.77. The van der Waals surface area contributed by atoms with Gasteiger partial charge in [0.1, 0.15) is 5.56 Å². The van der Waals surface area contributed by atoms with E-state index < -0.39 is 17.6 Å². The lowest BCUT2D eigenvalue weighted by Gasteiger charge is -2.15. The summed E-state index contributed by atoms with van der Waals surface area (Å²) in [4.78, 5) is 21.9. The number of amides is 1. The molecule has 0 bridgehead atoms.